The second kappa shape index (κ2) is 7.85. The first-order valence-electron chi connectivity index (χ1n) is 5.47. The van der Waals surface area contributed by atoms with Crippen molar-refractivity contribution in [2.75, 3.05) is 6.61 Å². The minimum absolute atomic E-state index is 0.336. The molecule has 0 spiro atoms. The standard InChI is InChI=1S/C14H15BrO2/c1-2-17-14(16)13(15)11-7-6-10-12-8-4-3-5-9-12/h3-9,11H,2,10H2,1H3/b7-6-,13-11-. The maximum atomic E-state index is 11.2. The molecule has 0 aliphatic heterocycles. The predicted octanol–water partition coefficient (Wildman–Crippen LogP) is 3.63. The van der Waals surface area contributed by atoms with E-state index in [-0.39, 0.29) is 5.97 Å². The molecule has 0 saturated carbocycles. The second-order valence-electron chi connectivity index (χ2n) is 3.35. The molecular weight excluding hydrogens is 280 g/mol. The van der Waals surface area contributed by atoms with Crippen molar-refractivity contribution in [3.63, 3.8) is 0 Å². The first-order chi connectivity index (χ1) is 8.24. The molecule has 0 amide bonds. The third-order valence-corrected chi connectivity index (χ3v) is 2.63. The van der Waals surface area contributed by atoms with Gasteiger partial charge in [0, 0.05) is 0 Å². The molecule has 0 radical (unpaired) electrons. The minimum Gasteiger partial charge on any atom is -0.462 e. The van der Waals surface area contributed by atoms with Gasteiger partial charge in [-0.2, -0.15) is 0 Å². The summed E-state index contributed by atoms with van der Waals surface area (Å²) in [6.07, 6.45) is 6.38. The molecule has 0 aromatic heterocycles. The molecule has 0 N–H and O–H groups in total. The largest absolute Gasteiger partial charge is 0.462 e. The Bertz CT molecular complexity index is 407. The summed E-state index contributed by atoms with van der Waals surface area (Å²) in [4.78, 5) is 11.2. The lowest BCUT2D eigenvalue weighted by Gasteiger charge is -1.98. The van der Waals surface area contributed by atoms with Crippen molar-refractivity contribution >= 4 is 21.9 Å². The maximum Gasteiger partial charge on any atom is 0.345 e. The molecule has 0 saturated heterocycles. The topological polar surface area (TPSA) is 26.3 Å². The van der Waals surface area contributed by atoms with Crippen molar-refractivity contribution in [1.29, 1.82) is 0 Å². The van der Waals surface area contributed by atoms with Gasteiger partial charge in [-0.25, -0.2) is 4.79 Å². The number of allylic oxidation sites excluding steroid dienone is 3. The molecular formula is C14H15BrO2. The van der Waals surface area contributed by atoms with Crippen LogP contribution in [0.4, 0.5) is 0 Å². The molecule has 0 heterocycles. The van der Waals surface area contributed by atoms with Gasteiger partial charge in [0.2, 0.25) is 0 Å². The Balaban J connectivity index is 2.44. The van der Waals surface area contributed by atoms with E-state index in [1.165, 1.54) is 5.56 Å². The van der Waals surface area contributed by atoms with Crippen LogP contribution in [0.3, 0.4) is 0 Å². The monoisotopic (exact) mass is 294 g/mol. The van der Waals surface area contributed by atoms with Gasteiger partial charge in [0.05, 0.1) is 6.61 Å². The van der Waals surface area contributed by atoms with E-state index in [9.17, 15) is 4.79 Å². The van der Waals surface area contributed by atoms with Gasteiger partial charge in [0.25, 0.3) is 0 Å². The molecule has 3 heteroatoms. The molecule has 0 bridgehead atoms. The maximum absolute atomic E-state index is 11.2. The van der Waals surface area contributed by atoms with Crippen LogP contribution in [-0.2, 0) is 16.0 Å². The smallest absolute Gasteiger partial charge is 0.345 e. The lowest BCUT2D eigenvalue weighted by atomic mass is 10.1. The fourth-order valence-electron chi connectivity index (χ4n) is 1.24. The number of rotatable bonds is 5. The van der Waals surface area contributed by atoms with E-state index >= 15 is 0 Å². The third kappa shape index (κ3) is 5.50. The van der Waals surface area contributed by atoms with Crippen LogP contribution in [0.5, 0.6) is 0 Å². The summed E-state index contributed by atoms with van der Waals surface area (Å²) in [6.45, 7) is 2.17. The van der Waals surface area contributed by atoms with Gasteiger partial charge >= 0.3 is 5.97 Å². The van der Waals surface area contributed by atoms with Crippen molar-refractivity contribution in [2.45, 2.75) is 13.3 Å². The van der Waals surface area contributed by atoms with E-state index in [4.69, 9.17) is 4.74 Å². The molecule has 17 heavy (non-hydrogen) atoms. The highest BCUT2D eigenvalue weighted by Crippen LogP contribution is 2.08. The average Bonchev–Trinajstić information content (AvgIpc) is 2.36. The highest BCUT2D eigenvalue weighted by atomic mass is 79.9. The molecule has 1 aromatic carbocycles. The molecule has 1 rings (SSSR count). The first-order valence-corrected chi connectivity index (χ1v) is 6.26. The molecule has 0 atom stereocenters. The summed E-state index contributed by atoms with van der Waals surface area (Å²) in [7, 11) is 0. The van der Waals surface area contributed by atoms with Crippen molar-refractivity contribution in [2.24, 2.45) is 0 Å². The zero-order valence-corrected chi connectivity index (χ0v) is 11.3. The van der Waals surface area contributed by atoms with Crippen LogP contribution in [0, 0.1) is 0 Å². The highest BCUT2D eigenvalue weighted by molar-refractivity contribution is 9.12. The van der Waals surface area contributed by atoms with Crippen LogP contribution >= 0.6 is 15.9 Å². The predicted molar refractivity (Wildman–Crippen MR) is 72.9 cm³/mol. The van der Waals surface area contributed by atoms with Gasteiger partial charge in [0.15, 0.2) is 0 Å². The van der Waals surface area contributed by atoms with Crippen LogP contribution in [0.1, 0.15) is 12.5 Å². The van der Waals surface area contributed by atoms with Crippen LogP contribution in [0.2, 0.25) is 0 Å². The number of carbonyl (C=O) groups excluding carboxylic acids is 1. The zero-order chi connectivity index (χ0) is 12.5. The van der Waals surface area contributed by atoms with Crippen molar-refractivity contribution in [3.05, 3.63) is 58.6 Å². The molecule has 0 fully saturated rings. The van der Waals surface area contributed by atoms with Crippen LogP contribution in [-0.4, -0.2) is 12.6 Å². The first kappa shape index (κ1) is 13.7. The lowest BCUT2D eigenvalue weighted by Crippen LogP contribution is -2.02. The molecule has 2 nitrogen and oxygen atoms in total. The normalized spacial score (nSPS) is 11.8. The Morgan fingerprint density at radius 1 is 1.35 bits per heavy atom. The van der Waals surface area contributed by atoms with E-state index < -0.39 is 0 Å². The summed E-state index contributed by atoms with van der Waals surface area (Å²) in [5, 5.41) is 0. The van der Waals surface area contributed by atoms with E-state index in [2.05, 4.69) is 28.1 Å². The van der Waals surface area contributed by atoms with Crippen LogP contribution in [0.25, 0.3) is 0 Å². The Labute approximate surface area is 110 Å². The van der Waals surface area contributed by atoms with Crippen LogP contribution < -0.4 is 0 Å². The number of ether oxygens (including phenoxy) is 1. The second-order valence-corrected chi connectivity index (χ2v) is 4.21. The van der Waals surface area contributed by atoms with Crippen molar-refractivity contribution in [3.8, 4) is 0 Å². The number of esters is 1. The van der Waals surface area contributed by atoms with Gasteiger partial charge in [-0.05, 0) is 40.9 Å². The molecule has 90 valence electrons. The quantitative estimate of drug-likeness (QED) is 0.471. The van der Waals surface area contributed by atoms with Crippen LogP contribution in [0.15, 0.2) is 53.0 Å². The summed E-state index contributed by atoms with van der Waals surface area (Å²) < 4.78 is 5.26. The van der Waals surface area contributed by atoms with Gasteiger partial charge in [-0.3, -0.25) is 0 Å². The molecule has 0 aliphatic carbocycles. The molecule has 0 unspecified atom stereocenters. The van der Waals surface area contributed by atoms with Crippen molar-refractivity contribution < 1.29 is 9.53 Å². The highest BCUT2D eigenvalue weighted by Gasteiger charge is 2.03. The fourth-order valence-corrected chi connectivity index (χ4v) is 1.51. The van der Waals surface area contributed by atoms with Gasteiger partial charge in [-0.1, -0.05) is 42.5 Å². The number of hydrogen-bond acceptors (Lipinski definition) is 2. The number of carbonyl (C=O) groups is 1. The van der Waals surface area contributed by atoms with Gasteiger partial charge in [0.1, 0.15) is 4.48 Å². The summed E-state index contributed by atoms with van der Waals surface area (Å²) in [5.41, 5.74) is 1.24. The number of hydrogen-bond donors (Lipinski definition) is 0. The average molecular weight is 295 g/mol. The lowest BCUT2D eigenvalue weighted by molar-refractivity contribution is -0.137. The summed E-state index contributed by atoms with van der Waals surface area (Å²) in [6, 6.07) is 10.1. The summed E-state index contributed by atoms with van der Waals surface area (Å²) in [5.74, 6) is -0.336. The van der Waals surface area contributed by atoms with Gasteiger partial charge in [-0.15, -0.1) is 0 Å². The van der Waals surface area contributed by atoms with E-state index in [1.807, 2.05) is 30.4 Å². The van der Waals surface area contributed by atoms with Gasteiger partial charge < -0.3 is 4.74 Å². The fraction of sp³-hybridized carbons (Fsp3) is 0.214. The minimum atomic E-state index is -0.336. The number of halogens is 1. The number of benzene rings is 1. The molecule has 1 aromatic rings. The van der Waals surface area contributed by atoms with Crippen molar-refractivity contribution in [1.82, 2.24) is 0 Å². The third-order valence-electron chi connectivity index (χ3n) is 2.05. The van der Waals surface area contributed by atoms with E-state index in [1.54, 1.807) is 13.0 Å². The van der Waals surface area contributed by atoms with E-state index in [0.29, 0.717) is 11.1 Å². The summed E-state index contributed by atoms with van der Waals surface area (Å²) >= 11 is 3.17. The molecule has 0 aliphatic rings. The Morgan fingerprint density at radius 2 is 2.06 bits per heavy atom. The Kier molecular flexibility index (Phi) is 6.33. The Hall–Kier alpha value is -1.35. The van der Waals surface area contributed by atoms with E-state index in [0.717, 1.165) is 6.42 Å². The SMILES string of the molecule is CCOC(=O)/C(Br)=C/C=C\Cc1ccccc1. The Morgan fingerprint density at radius 3 is 2.71 bits per heavy atom. The zero-order valence-electron chi connectivity index (χ0n) is 9.73.